The number of nitrogens with two attached hydrogens (primary N) is 1. The fourth-order valence-electron chi connectivity index (χ4n) is 0.987. The minimum absolute atomic E-state index is 0.375. The minimum atomic E-state index is -0.696. The molecular formula is C11H24N2O4. The van der Waals surface area contributed by atoms with Crippen molar-refractivity contribution in [2.24, 2.45) is 5.73 Å². The number of carbonyl (C=O) groups is 1. The first kappa shape index (κ1) is 16.3. The summed E-state index contributed by atoms with van der Waals surface area (Å²) in [4.78, 5) is 11.0. The van der Waals surface area contributed by atoms with E-state index < -0.39 is 5.54 Å². The Balaban J connectivity index is 3.27. The van der Waals surface area contributed by atoms with E-state index in [2.05, 4.69) is 5.32 Å². The third-order valence-corrected chi connectivity index (χ3v) is 2.23. The third-order valence-electron chi connectivity index (χ3n) is 2.23. The maximum Gasteiger partial charge on any atom is 0.237 e. The number of hydrogen-bond donors (Lipinski definition) is 2. The minimum Gasteiger partial charge on any atom is -0.382 e. The molecule has 0 radical (unpaired) electrons. The average Bonchev–Trinajstić information content (AvgIpc) is 2.26. The monoisotopic (exact) mass is 248 g/mol. The van der Waals surface area contributed by atoms with E-state index in [0.29, 0.717) is 39.6 Å². The molecule has 0 aliphatic rings. The zero-order valence-electron chi connectivity index (χ0n) is 11.0. The van der Waals surface area contributed by atoms with Crippen molar-refractivity contribution in [2.45, 2.75) is 19.4 Å². The van der Waals surface area contributed by atoms with Crippen LogP contribution in [-0.4, -0.2) is 58.1 Å². The molecule has 0 aliphatic heterocycles. The predicted octanol–water partition coefficient (Wildman–Crippen LogP) is -0.480. The molecule has 0 atom stereocenters. The Bertz CT molecular complexity index is 210. The molecule has 0 fully saturated rings. The summed E-state index contributed by atoms with van der Waals surface area (Å²) in [6, 6.07) is 0. The lowest BCUT2D eigenvalue weighted by Gasteiger charge is -2.22. The lowest BCUT2D eigenvalue weighted by atomic mass is 10.1. The van der Waals surface area contributed by atoms with Crippen molar-refractivity contribution < 1.29 is 19.0 Å². The molecule has 0 aromatic rings. The van der Waals surface area contributed by atoms with Crippen LogP contribution in [0.2, 0.25) is 0 Å². The first-order chi connectivity index (χ1) is 8.00. The Kier molecular flexibility index (Phi) is 8.97. The van der Waals surface area contributed by atoms with Gasteiger partial charge in [0.05, 0.1) is 38.6 Å². The second-order valence-corrected chi connectivity index (χ2v) is 4.13. The van der Waals surface area contributed by atoms with Crippen LogP contribution in [0.3, 0.4) is 0 Å². The highest BCUT2D eigenvalue weighted by molar-refractivity contribution is 5.83. The lowest BCUT2D eigenvalue weighted by molar-refractivity contribution is -0.123. The normalized spacial score (nSPS) is 11.7. The fraction of sp³-hybridized carbons (Fsp3) is 0.909. The molecule has 3 N–H and O–H groups in total. The molecule has 0 unspecified atom stereocenters. The number of rotatable bonds is 11. The van der Waals surface area contributed by atoms with Gasteiger partial charge in [0.2, 0.25) is 5.91 Å². The number of ether oxygens (including phenoxy) is 3. The van der Waals surface area contributed by atoms with Gasteiger partial charge in [-0.15, -0.1) is 0 Å². The number of carbonyl (C=O) groups excluding carboxylic acids is 1. The maximum atomic E-state index is 11.0. The summed E-state index contributed by atoms with van der Waals surface area (Å²) in [5, 5.41) is 3.01. The second kappa shape index (κ2) is 9.35. The van der Waals surface area contributed by atoms with Gasteiger partial charge in [-0.05, 0) is 13.8 Å². The van der Waals surface area contributed by atoms with Crippen LogP contribution in [0.1, 0.15) is 13.8 Å². The molecule has 0 bridgehead atoms. The van der Waals surface area contributed by atoms with Crippen molar-refractivity contribution in [1.82, 2.24) is 5.32 Å². The average molecular weight is 248 g/mol. The Morgan fingerprint density at radius 2 is 1.65 bits per heavy atom. The lowest BCUT2D eigenvalue weighted by Crippen LogP contribution is -2.51. The second-order valence-electron chi connectivity index (χ2n) is 4.13. The first-order valence-electron chi connectivity index (χ1n) is 5.70. The summed E-state index contributed by atoms with van der Waals surface area (Å²) in [7, 11) is 1.63. The third kappa shape index (κ3) is 9.05. The van der Waals surface area contributed by atoms with Crippen molar-refractivity contribution >= 4 is 5.91 Å². The van der Waals surface area contributed by atoms with Gasteiger partial charge in [-0.1, -0.05) is 0 Å². The molecule has 17 heavy (non-hydrogen) atoms. The molecule has 0 aliphatic carbocycles. The molecule has 0 spiro atoms. The van der Waals surface area contributed by atoms with Gasteiger partial charge in [-0.2, -0.15) is 0 Å². The van der Waals surface area contributed by atoms with E-state index in [1.165, 1.54) is 0 Å². The van der Waals surface area contributed by atoms with Gasteiger partial charge >= 0.3 is 0 Å². The van der Waals surface area contributed by atoms with E-state index in [1.807, 2.05) is 0 Å². The highest BCUT2D eigenvalue weighted by atomic mass is 16.5. The van der Waals surface area contributed by atoms with E-state index in [-0.39, 0.29) is 5.91 Å². The van der Waals surface area contributed by atoms with E-state index in [1.54, 1.807) is 21.0 Å². The number of hydrogen-bond acceptors (Lipinski definition) is 5. The van der Waals surface area contributed by atoms with Gasteiger partial charge in [-0.25, -0.2) is 0 Å². The largest absolute Gasteiger partial charge is 0.382 e. The zero-order valence-corrected chi connectivity index (χ0v) is 11.0. The summed E-state index contributed by atoms with van der Waals surface area (Å²) in [5.41, 5.74) is 4.51. The summed E-state index contributed by atoms with van der Waals surface area (Å²) in [5.74, 6) is -0.375. The fourth-order valence-corrected chi connectivity index (χ4v) is 0.987. The molecular weight excluding hydrogens is 224 g/mol. The van der Waals surface area contributed by atoms with Gasteiger partial charge in [0, 0.05) is 13.7 Å². The Morgan fingerprint density at radius 3 is 2.18 bits per heavy atom. The summed E-state index contributed by atoms with van der Waals surface area (Å²) in [6.07, 6.45) is 0. The molecule has 102 valence electrons. The molecule has 0 saturated heterocycles. The van der Waals surface area contributed by atoms with Crippen LogP contribution in [0.5, 0.6) is 0 Å². The standard InChI is InChI=1S/C11H24N2O4/c1-11(2,10(12)14)13-4-5-16-8-9-17-7-6-15-3/h13H,4-9H2,1-3H3,(H2,12,14). The van der Waals surface area contributed by atoms with Crippen LogP contribution in [0.4, 0.5) is 0 Å². The van der Waals surface area contributed by atoms with Crippen molar-refractivity contribution in [3.63, 3.8) is 0 Å². The van der Waals surface area contributed by atoms with Crippen molar-refractivity contribution in [3.8, 4) is 0 Å². The number of primary amides is 1. The highest BCUT2D eigenvalue weighted by Gasteiger charge is 2.23. The molecule has 6 nitrogen and oxygen atoms in total. The Hall–Kier alpha value is -0.690. The molecule has 0 aromatic carbocycles. The van der Waals surface area contributed by atoms with E-state index >= 15 is 0 Å². The number of amides is 1. The molecule has 0 heterocycles. The van der Waals surface area contributed by atoms with Gasteiger partial charge in [0.25, 0.3) is 0 Å². The van der Waals surface area contributed by atoms with Gasteiger partial charge in [-0.3, -0.25) is 4.79 Å². The van der Waals surface area contributed by atoms with E-state index in [9.17, 15) is 4.79 Å². The van der Waals surface area contributed by atoms with Crippen LogP contribution >= 0.6 is 0 Å². The van der Waals surface area contributed by atoms with Crippen LogP contribution in [0.15, 0.2) is 0 Å². The van der Waals surface area contributed by atoms with Crippen LogP contribution in [0, 0.1) is 0 Å². The first-order valence-corrected chi connectivity index (χ1v) is 5.70. The van der Waals surface area contributed by atoms with E-state index in [0.717, 1.165) is 0 Å². The smallest absolute Gasteiger partial charge is 0.237 e. The van der Waals surface area contributed by atoms with Crippen LogP contribution in [0.25, 0.3) is 0 Å². The Labute approximate surface area is 103 Å². The number of methoxy groups -OCH3 is 1. The maximum absolute atomic E-state index is 11.0. The predicted molar refractivity (Wildman–Crippen MR) is 64.8 cm³/mol. The molecule has 0 saturated carbocycles. The SMILES string of the molecule is COCCOCCOCCNC(C)(C)C(N)=O. The summed E-state index contributed by atoms with van der Waals surface area (Å²) in [6.45, 7) is 6.82. The Morgan fingerprint density at radius 1 is 1.12 bits per heavy atom. The van der Waals surface area contributed by atoms with Gasteiger partial charge in [0.15, 0.2) is 0 Å². The highest BCUT2D eigenvalue weighted by Crippen LogP contribution is 1.98. The van der Waals surface area contributed by atoms with Gasteiger partial charge < -0.3 is 25.3 Å². The van der Waals surface area contributed by atoms with Crippen molar-refractivity contribution in [1.29, 1.82) is 0 Å². The van der Waals surface area contributed by atoms with Crippen LogP contribution in [-0.2, 0) is 19.0 Å². The topological polar surface area (TPSA) is 82.8 Å². The van der Waals surface area contributed by atoms with E-state index in [4.69, 9.17) is 19.9 Å². The van der Waals surface area contributed by atoms with Crippen LogP contribution < -0.4 is 11.1 Å². The van der Waals surface area contributed by atoms with Gasteiger partial charge in [0.1, 0.15) is 0 Å². The molecule has 1 amide bonds. The summed E-state index contributed by atoms with van der Waals surface area (Å²) >= 11 is 0. The van der Waals surface area contributed by atoms with Crippen molar-refractivity contribution in [2.75, 3.05) is 46.7 Å². The molecule has 0 aromatic heterocycles. The summed E-state index contributed by atoms with van der Waals surface area (Å²) < 4.78 is 15.4. The molecule has 6 heteroatoms. The van der Waals surface area contributed by atoms with Crippen molar-refractivity contribution in [3.05, 3.63) is 0 Å². The quantitative estimate of drug-likeness (QED) is 0.483. The number of nitrogens with one attached hydrogen (secondary N) is 1. The zero-order chi connectivity index (χ0) is 13.1. The molecule has 0 rings (SSSR count).